The number of rotatable bonds is 6. The van der Waals surface area contributed by atoms with E-state index in [4.69, 9.17) is 0 Å². The summed E-state index contributed by atoms with van der Waals surface area (Å²) in [4.78, 5) is 0. The highest BCUT2D eigenvalue weighted by Crippen LogP contribution is 2.72. The second-order valence-electron chi connectivity index (χ2n) is 11.4. The van der Waals surface area contributed by atoms with E-state index in [1.807, 2.05) is 141 Å². The Balaban J connectivity index is 0.857. The van der Waals surface area contributed by atoms with E-state index in [1.165, 1.54) is 70.1 Å². The zero-order valence-corrected chi connectivity index (χ0v) is 39.5. The fraction of sp³-hybridized carbons (Fsp3) is 0.333. The molecule has 0 amide bonds. The Kier molecular flexibility index (Phi) is 12.4. The van der Waals surface area contributed by atoms with E-state index in [0.717, 1.165) is 11.8 Å². The van der Waals surface area contributed by atoms with E-state index in [1.54, 1.807) is 19.6 Å². The quantitative estimate of drug-likeness (QED) is 0.232. The van der Waals surface area contributed by atoms with Crippen molar-refractivity contribution < 1.29 is 0 Å². The summed E-state index contributed by atoms with van der Waals surface area (Å²) in [5.74, 6) is 2.84. The highest BCUT2D eigenvalue weighted by molar-refractivity contribution is 8.49. The van der Waals surface area contributed by atoms with Crippen molar-refractivity contribution in [2.45, 2.75) is 19.3 Å². The van der Waals surface area contributed by atoms with Crippen LogP contribution in [0.1, 0.15) is 19.3 Å². The average Bonchev–Trinajstić information content (AvgIpc) is 3.96. The van der Waals surface area contributed by atoms with Gasteiger partial charge in [-0.25, -0.2) is 0 Å². The standard InChI is InChI=1S/C33H28S16/c1-34-26-27(35-2)39-18(38-26)9-11-20-42-30-31(43-20)47-24(46-30)16-7-8-17(23-15-6-5-14(13-15)22(16)23)25-48-32-33(49-25)45-21(44-32)12-10-19-40-28(36-3)29(37-4)41-19/h5-6,9-12,14-15,22-23H,7-8,13H2,1-4H3. The first-order chi connectivity index (χ1) is 24.0. The summed E-state index contributed by atoms with van der Waals surface area (Å²) in [7, 11) is 0. The van der Waals surface area contributed by atoms with Gasteiger partial charge in [-0.3, -0.25) is 0 Å². The predicted octanol–water partition coefficient (Wildman–Crippen LogP) is 16.8. The number of thioether (sulfide) groups is 16. The third-order valence-electron chi connectivity index (χ3n) is 8.86. The van der Waals surface area contributed by atoms with E-state index in [-0.39, 0.29) is 0 Å². The van der Waals surface area contributed by atoms with Crippen molar-refractivity contribution in [3.63, 3.8) is 0 Å². The van der Waals surface area contributed by atoms with Gasteiger partial charge in [0.1, 0.15) is 0 Å². The zero-order valence-electron chi connectivity index (χ0n) is 26.4. The minimum atomic E-state index is 0.697. The van der Waals surface area contributed by atoms with Crippen LogP contribution in [0.5, 0.6) is 0 Å². The van der Waals surface area contributed by atoms with Gasteiger partial charge >= 0.3 is 0 Å². The normalized spacial score (nSPS) is 30.4. The van der Waals surface area contributed by atoms with Crippen LogP contribution >= 0.6 is 188 Å². The highest BCUT2D eigenvalue weighted by atomic mass is 32.3. The number of hydrogen-bond acceptors (Lipinski definition) is 16. The van der Waals surface area contributed by atoms with Crippen molar-refractivity contribution in [2.75, 3.05) is 25.0 Å². The molecule has 4 unspecified atom stereocenters. The van der Waals surface area contributed by atoms with Gasteiger partial charge in [0.25, 0.3) is 0 Å². The summed E-state index contributed by atoms with van der Waals surface area (Å²) >= 11 is 31.6. The van der Waals surface area contributed by atoms with E-state index in [2.05, 4.69) is 109 Å². The van der Waals surface area contributed by atoms with Crippen molar-refractivity contribution in [3.05, 3.63) is 107 Å². The molecule has 3 aliphatic carbocycles. The Morgan fingerprint density at radius 1 is 0.429 bits per heavy atom. The molecule has 0 aromatic carbocycles. The molecule has 0 aromatic heterocycles. The average molecular weight is 938 g/mol. The summed E-state index contributed by atoms with van der Waals surface area (Å²) in [6.45, 7) is 0. The maximum Gasteiger partial charge on any atom is 0.0716 e. The first kappa shape index (κ1) is 37.3. The molecule has 4 atom stereocenters. The minimum Gasteiger partial charge on any atom is -0.121 e. The molecule has 49 heavy (non-hydrogen) atoms. The lowest BCUT2D eigenvalue weighted by Crippen LogP contribution is -2.28. The van der Waals surface area contributed by atoms with E-state index in [0.29, 0.717) is 11.8 Å². The molecule has 0 N–H and O–H groups in total. The van der Waals surface area contributed by atoms with E-state index < -0.39 is 0 Å². The Morgan fingerprint density at radius 3 is 1.04 bits per heavy atom. The first-order valence-electron chi connectivity index (χ1n) is 15.3. The molecule has 2 bridgehead atoms. The number of hydrogen-bond donors (Lipinski definition) is 0. The Hall–Kier alpha value is 2.74. The smallest absolute Gasteiger partial charge is 0.0716 e. The lowest BCUT2D eigenvalue weighted by atomic mass is 9.69. The highest BCUT2D eigenvalue weighted by Gasteiger charge is 2.52. The van der Waals surface area contributed by atoms with Crippen LogP contribution in [0.25, 0.3) is 0 Å². The number of fused-ring (bicyclic) bond motifs is 5. The van der Waals surface area contributed by atoms with Gasteiger partial charge in [0.2, 0.25) is 0 Å². The van der Waals surface area contributed by atoms with Crippen LogP contribution in [-0.2, 0) is 0 Å². The molecule has 2 fully saturated rings. The molecule has 0 radical (unpaired) electrons. The van der Waals surface area contributed by atoms with Gasteiger partial charge in [0.15, 0.2) is 0 Å². The summed E-state index contributed by atoms with van der Waals surface area (Å²) in [5.41, 5.74) is 3.57. The molecule has 6 heterocycles. The third-order valence-corrected chi connectivity index (χ3v) is 30.4. The first-order valence-corrected chi connectivity index (χ1v) is 30.0. The van der Waals surface area contributed by atoms with Crippen molar-refractivity contribution in [1.29, 1.82) is 0 Å². The lowest BCUT2D eigenvalue weighted by Gasteiger charge is -2.38. The van der Waals surface area contributed by atoms with Crippen molar-refractivity contribution in [2.24, 2.45) is 23.7 Å². The molecular weight excluding hydrogens is 909 g/mol. The molecule has 0 spiro atoms. The molecule has 0 saturated heterocycles. The monoisotopic (exact) mass is 936 g/mol. The summed E-state index contributed by atoms with van der Waals surface area (Å²) in [6.07, 6.45) is 27.1. The van der Waals surface area contributed by atoms with Crippen LogP contribution in [0.2, 0.25) is 0 Å². The van der Waals surface area contributed by atoms with Gasteiger partial charge in [-0.15, -0.1) is 47.0 Å². The molecule has 0 nitrogen and oxygen atoms in total. The van der Waals surface area contributed by atoms with Crippen LogP contribution in [-0.4, -0.2) is 25.0 Å². The van der Waals surface area contributed by atoms with Crippen LogP contribution < -0.4 is 0 Å². The van der Waals surface area contributed by atoms with Crippen LogP contribution in [0, 0.1) is 23.7 Å². The molecule has 16 heteroatoms. The van der Waals surface area contributed by atoms with Gasteiger partial charge in [0.05, 0.1) is 59.3 Å². The van der Waals surface area contributed by atoms with Gasteiger partial charge in [-0.1, -0.05) is 153 Å². The molecule has 9 rings (SSSR count). The topological polar surface area (TPSA) is 0 Å². The van der Waals surface area contributed by atoms with Crippen LogP contribution in [0.4, 0.5) is 0 Å². The molecule has 2 saturated carbocycles. The molecule has 256 valence electrons. The van der Waals surface area contributed by atoms with Gasteiger partial charge in [0, 0.05) is 0 Å². The fourth-order valence-corrected chi connectivity index (χ4v) is 29.4. The maximum atomic E-state index is 2.58. The minimum absolute atomic E-state index is 0.697. The van der Waals surface area contributed by atoms with E-state index in [9.17, 15) is 0 Å². The van der Waals surface area contributed by atoms with Gasteiger partial charge in [-0.2, -0.15) is 0 Å². The second kappa shape index (κ2) is 16.3. The summed E-state index contributed by atoms with van der Waals surface area (Å²) in [5, 5.41) is 0. The second-order valence-corrected chi connectivity index (χ2v) is 30.8. The largest absolute Gasteiger partial charge is 0.121 e. The Bertz CT molecular complexity index is 1650. The molecule has 6 aliphatic heterocycles. The van der Waals surface area contributed by atoms with E-state index >= 15 is 0 Å². The third kappa shape index (κ3) is 7.50. The van der Waals surface area contributed by atoms with Gasteiger partial charge < -0.3 is 0 Å². The Morgan fingerprint density at radius 2 is 0.735 bits per heavy atom. The molecular formula is C33H28S16. The summed E-state index contributed by atoms with van der Waals surface area (Å²) in [6, 6.07) is 0. The van der Waals surface area contributed by atoms with Crippen LogP contribution in [0.3, 0.4) is 0 Å². The summed E-state index contributed by atoms with van der Waals surface area (Å²) < 4.78 is 20.7. The van der Waals surface area contributed by atoms with Crippen molar-refractivity contribution in [3.8, 4) is 0 Å². The van der Waals surface area contributed by atoms with Crippen LogP contribution in [0.15, 0.2) is 107 Å². The van der Waals surface area contributed by atoms with Crippen molar-refractivity contribution in [1.82, 2.24) is 0 Å². The fourth-order valence-electron chi connectivity index (χ4n) is 6.93. The molecule has 9 aliphatic rings. The number of allylic oxidation sites excluding steroid dienone is 8. The van der Waals surface area contributed by atoms with Crippen molar-refractivity contribution >= 4 is 188 Å². The molecule has 0 aromatic rings. The zero-order chi connectivity index (χ0) is 33.2. The Labute approximate surface area is 358 Å². The maximum absolute atomic E-state index is 2.58. The predicted molar refractivity (Wildman–Crippen MR) is 257 cm³/mol. The van der Waals surface area contributed by atoms with Gasteiger partial charge in [-0.05, 0) is 103 Å². The SMILES string of the molecule is CSC1=C(SC)SC(=CC=C2SC3=C(S2)SC(=C2CCC(=C4SC5=C(SC(=CC=C6SC(SC)=C(SC)S6)S5)S4)C4C5C=CC(C5)C24)S3)S1. The lowest BCUT2D eigenvalue weighted by molar-refractivity contribution is 0.360.